The van der Waals surface area contributed by atoms with Crippen molar-refractivity contribution < 1.29 is 23.3 Å². The van der Waals surface area contributed by atoms with E-state index in [1.165, 1.54) is 17.0 Å². The molecule has 4 N–H and O–H groups in total. The van der Waals surface area contributed by atoms with Gasteiger partial charge in [0.05, 0.1) is 11.3 Å². The number of amides is 1. The van der Waals surface area contributed by atoms with Crippen molar-refractivity contribution in [1.82, 2.24) is 9.62 Å². The molecular formula is C22H26Cl2N5O4S+. The number of nitrogens with one attached hydrogen (secondary N) is 3. The quantitative estimate of drug-likeness (QED) is 0.455. The third kappa shape index (κ3) is 5.81. The first kappa shape index (κ1) is 25.8. The summed E-state index contributed by atoms with van der Waals surface area (Å²) in [7, 11) is -0.921. The summed E-state index contributed by atoms with van der Waals surface area (Å²) in [5, 5.41) is 14.3. The van der Waals surface area contributed by atoms with Crippen molar-refractivity contribution >= 4 is 56.7 Å². The maximum absolute atomic E-state index is 12.4. The van der Waals surface area contributed by atoms with E-state index in [1.807, 2.05) is 20.8 Å². The second-order valence-corrected chi connectivity index (χ2v) is 11.3. The van der Waals surface area contributed by atoms with Gasteiger partial charge in [-0.25, -0.2) is 0 Å². The smallest absolute Gasteiger partial charge is 0.418 e. The van der Waals surface area contributed by atoms with Crippen molar-refractivity contribution in [2.45, 2.75) is 26.8 Å². The molecule has 0 aliphatic carbocycles. The molecule has 1 aliphatic heterocycles. The van der Waals surface area contributed by atoms with Gasteiger partial charge < -0.3 is 15.3 Å². The number of para-hydroxylation sites is 1. The van der Waals surface area contributed by atoms with Crippen molar-refractivity contribution in [2.24, 2.45) is 9.81 Å². The van der Waals surface area contributed by atoms with E-state index < -0.39 is 27.6 Å². The van der Waals surface area contributed by atoms with E-state index in [0.29, 0.717) is 10.0 Å². The van der Waals surface area contributed by atoms with E-state index in [2.05, 4.69) is 19.4 Å². The van der Waals surface area contributed by atoms with Crippen molar-refractivity contribution in [3.05, 3.63) is 57.6 Å². The molecule has 182 valence electrons. The summed E-state index contributed by atoms with van der Waals surface area (Å²) in [6.07, 6.45) is 0. The molecule has 0 saturated heterocycles. The zero-order valence-corrected chi connectivity index (χ0v) is 21.6. The Morgan fingerprint density at radius 1 is 1.18 bits per heavy atom. The molecule has 12 heteroatoms. The molecule has 1 heterocycles. The van der Waals surface area contributed by atoms with Crippen molar-refractivity contribution in [2.75, 3.05) is 19.4 Å². The van der Waals surface area contributed by atoms with Crippen LogP contribution in [0.2, 0.25) is 10.0 Å². The van der Waals surface area contributed by atoms with E-state index in [1.54, 1.807) is 38.4 Å². The van der Waals surface area contributed by atoms with Gasteiger partial charge in [-0.2, -0.15) is 8.42 Å². The van der Waals surface area contributed by atoms with Crippen LogP contribution in [0.25, 0.3) is 0 Å². The van der Waals surface area contributed by atoms with Crippen LogP contribution in [0, 0.1) is 5.41 Å². The normalized spacial score (nSPS) is 17.1. The van der Waals surface area contributed by atoms with E-state index in [0.717, 1.165) is 5.56 Å². The van der Waals surface area contributed by atoms with Crippen LogP contribution in [0.3, 0.4) is 0 Å². The Kier molecular flexibility index (Phi) is 7.16. The molecule has 2 aromatic rings. The van der Waals surface area contributed by atoms with Crippen LogP contribution >= 0.6 is 23.2 Å². The summed E-state index contributed by atoms with van der Waals surface area (Å²) >= 11 is 12.4. The third-order valence-electron chi connectivity index (χ3n) is 4.98. The molecule has 3 rings (SSSR count). The molecule has 1 atom stereocenters. The number of anilines is 1. The fourth-order valence-electron chi connectivity index (χ4n) is 3.42. The maximum atomic E-state index is 12.4. The molecule has 0 bridgehead atoms. The third-order valence-corrected chi connectivity index (χ3v) is 6.30. The molecule has 0 aromatic heterocycles. The molecule has 0 saturated carbocycles. The highest BCUT2D eigenvalue weighted by Gasteiger charge is 2.38. The number of carbonyl (C=O) groups is 1. The predicted molar refractivity (Wildman–Crippen MR) is 134 cm³/mol. The van der Waals surface area contributed by atoms with Gasteiger partial charge in [-0.15, -0.1) is 4.72 Å². The molecule has 0 fully saturated rings. The number of rotatable bonds is 4. The number of phenols is 1. The van der Waals surface area contributed by atoms with Gasteiger partial charge in [0, 0.05) is 29.6 Å². The molecule has 0 radical (unpaired) electrons. The van der Waals surface area contributed by atoms with Gasteiger partial charge >= 0.3 is 16.0 Å². The first-order valence-electron chi connectivity index (χ1n) is 10.2. The average molecular weight is 527 g/mol. The fraction of sp³-hybridized carbons (Fsp3) is 0.318. The summed E-state index contributed by atoms with van der Waals surface area (Å²) in [4.78, 5) is 16.9. The molecule has 1 amide bonds. The Balaban J connectivity index is 2.06. The molecule has 9 nitrogen and oxygen atoms in total. The number of hydrogen-bond donors (Lipinski definition) is 4. The Bertz CT molecular complexity index is 1280. The summed E-state index contributed by atoms with van der Waals surface area (Å²) < 4.78 is 30.7. The van der Waals surface area contributed by atoms with Gasteiger partial charge in [-0.05, 0) is 35.9 Å². The number of phenolic OH excluding ortho intramolecular Hbond substituents is 1. The second kappa shape index (κ2) is 9.44. The van der Waals surface area contributed by atoms with Gasteiger partial charge in [0.25, 0.3) is 5.91 Å². The molecule has 1 unspecified atom stereocenters. The van der Waals surface area contributed by atoms with Crippen LogP contribution in [-0.2, 0) is 10.2 Å². The lowest BCUT2D eigenvalue weighted by Crippen LogP contribution is -2.81. The highest BCUT2D eigenvalue weighted by molar-refractivity contribution is 7.89. The largest absolute Gasteiger partial charge is 0.505 e. The summed E-state index contributed by atoms with van der Waals surface area (Å²) in [5.41, 5.74) is 0.507. The Morgan fingerprint density at radius 3 is 2.35 bits per heavy atom. The zero-order chi connectivity index (χ0) is 25.4. The van der Waals surface area contributed by atoms with E-state index in [-0.39, 0.29) is 28.7 Å². The van der Waals surface area contributed by atoms with Crippen molar-refractivity contribution in [1.29, 1.82) is 0 Å². The second-order valence-electron chi connectivity index (χ2n) is 9.06. The maximum Gasteiger partial charge on any atom is 0.418 e. The van der Waals surface area contributed by atoms with Crippen LogP contribution in [0.15, 0.2) is 40.8 Å². The van der Waals surface area contributed by atoms with E-state index in [4.69, 9.17) is 23.2 Å². The first-order valence-corrected chi connectivity index (χ1v) is 12.4. The number of halogens is 2. The van der Waals surface area contributed by atoms with Gasteiger partial charge in [-0.1, -0.05) is 54.4 Å². The van der Waals surface area contributed by atoms with Crippen molar-refractivity contribution in [3.63, 3.8) is 0 Å². The van der Waals surface area contributed by atoms with Gasteiger partial charge in [0.15, 0.2) is 5.75 Å². The minimum atomic E-state index is -4.04. The Labute approximate surface area is 208 Å². The van der Waals surface area contributed by atoms with Crippen LogP contribution in [0.4, 0.5) is 5.69 Å². The van der Waals surface area contributed by atoms with Crippen LogP contribution < -0.4 is 15.0 Å². The monoisotopic (exact) mass is 526 g/mol. The van der Waals surface area contributed by atoms with E-state index >= 15 is 0 Å². The Hall–Kier alpha value is -2.82. The molecular weight excluding hydrogens is 501 g/mol. The fourth-order valence-corrected chi connectivity index (χ4v) is 4.80. The van der Waals surface area contributed by atoms with Gasteiger partial charge in [0.2, 0.25) is 5.84 Å². The minimum absolute atomic E-state index is 0.0556. The topological polar surface area (TPSA) is 125 Å². The summed E-state index contributed by atoms with van der Waals surface area (Å²) in [5.74, 6) is -0.748. The van der Waals surface area contributed by atoms with Gasteiger partial charge in [0.1, 0.15) is 6.04 Å². The number of nitrogens with zero attached hydrogens (tertiary/aromatic N) is 2. The lowest BCUT2D eigenvalue weighted by molar-refractivity contribution is -0.529. The summed E-state index contributed by atoms with van der Waals surface area (Å²) in [6, 6.07) is 9.20. The van der Waals surface area contributed by atoms with Crippen LogP contribution in [0.1, 0.15) is 42.7 Å². The standard InChI is InChI=1S/C22H25Cl2N5O4S/c1-22(2,3)18(12-9-13(23)11-14(24)10-12)26-20-19(27-34(32,33)28-20)25-16-8-6-7-15(17(16)30)21(31)29(4)5/h6-11,18,30H,1-5H3,(H,25,27)(H,26,28)/p+1. The highest BCUT2D eigenvalue weighted by atomic mass is 35.5. The molecule has 34 heavy (non-hydrogen) atoms. The molecule has 2 aromatic carbocycles. The number of carbonyl (C=O) groups excluding carboxylic acids is 1. The zero-order valence-electron chi connectivity index (χ0n) is 19.3. The Morgan fingerprint density at radius 2 is 1.79 bits per heavy atom. The first-order chi connectivity index (χ1) is 15.7. The average Bonchev–Trinajstić information content (AvgIpc) is 2.98. The van der Waals surface area contributed by atoms with Crippen LogP contribution in [-0.4, -0.2) is 50.1 Å². The molecule has 0 spiro atoms. The number of amidine groups is 2. The lowest BCUT2D eigenvalue weighted by atomic mass is 9.82. The van der Waals surface area contributed by atoms with Gasteiger partial charge in [-0.3, -0.25) is 9.79 Å². The van der Waals surface area contributed by atoms with E-state index in [9.17, 15) is 18.3 Å². The molecule has 1 aliphatic rings. The lowest BCUT2D eigenvalue weighted by Gasteiger charge is -2.26. The van der Waals surface area contributed by atoms with Crippen LogP contribution in [0.5, 0.6) is 5.75 Å². The number of aromatic hydroxyl groups is 1. The highest BCUT2D eigenvalue weighted by Crippen LogP contribution is 2.32. The minimum Gasteiger partial charge on any atom is -0.505 e. The van der Waals surface area contributed by atoms with Crippen molar-refractivity contribution in [3.8, 4) is 5.75 Å². The predicted octanol–water partition coefficient (Wildman–Crippen LogP) is 2.33. The number of hydrogen-bond acceptors (Lipinski definition) is 5. The number of benzene rings is 2. The summed E-state index contributed by atoms with van der Waals surface area (Å²) in [6.45, 7) is 5.90. The SMILES string of the molecule is CN(C)C(=O)c1cccc(NC2=NS(=O)(=O)NC2=[NH+]C(c2cc(Cl)cc(Cl)c2)C(C)(C)C)c1O.